The molecule has 0 spiro atoms. The third-order valence-electron chi connectivity index (χ3n) is 3.19. The number of benzene rings is 2. The quantitative estimate of drug-likeness (QED) is 0.823. The average Bonchev–Trinajstić information content (AvgIpc) is 2.41. The highest BCUT2D eigenvalue weighted by Gasteiger charge is 2.04. The third-order valence-corrected chi connectivity index (χ3v) is 3.43. The van der Waals surface area contributed by atoms with E-state index >= 15 is 0 Å². The standard InChI is InChI=1S/C17H15ClO2/c1-11-3-8-15(18)10-16(11)14-6-4-13(5-7-14)12(2)9-17(19)20/h3-10H,1-2H3,(H,19,20)/b12-9+. The van der Waals surface area contributed by atoms with Crippen molar-refractivity contribution < 1.29 is 9.90 Å². The Labute approximate surface area is 123 Å². The lowest BCUT2D eigenvalue weighted by atomic mass is 9.98. The van der Waals surface area contributed by atoms with Crippen LogP contribution in [0.3, 0.4) is 0 Å². The molecule has 0 aliphatic rings. The molecule has 0 bridgehead atoms. The molecule has 0 aliphatic heterocycles. The summed E-state index contributed by atoms with van der Waals surface area (Å²) in [6, 6.07) is 13.6. The first-order valence-corrected chi connectivity index (χ1v) is 6.63. The first-order chi connectivity index (χ1) is 9.47. The first kappa shape index (κ1) is 14.4. The smallest absolute Gasteiger partial charge is 0.328 e. The van der Waals surface area contributed by atoms with Crippen LogP contribution in [-0.4, -0.2) is 11.1 Å². The zero-order chi connectivity index (χ0) is 14.7. The number of carboxylic acids is 1. The van der Waals surface area contributed by atoms with Crippen molar-refractivity contribution in [2.45, 2.75) is 13.8 Å². The molecule has 0 aliphatic carbocycles. The predicted molar refractivity (Wildman–Crippen MR) is 82.9 cm³/mol. The summed E-state index contributed by atoms with van der Waals surface area (Å²) in [5.74, 6) is -0.933. The van der Waals surface area contributed by atoms with Gasteiger partial charge in [-0.05, 0) is 53.8 Å². The van der Waals surface area contributed by atoms with E-state index in [1.807, 2.05) is 49.4 Å². The molecule has 0 radical (unpaired) electrons. The largest absolute Gasteiger partial charge is 0.478 e. The molecule has 0 atom stereocenters. The zero-order valence-corrected chi connectivity index (χ0v) is 12.1. The van der Waals surface area contributed by atoms with Gasteiger partial charge in [-0.3, -0.25) is 0 Å². The van der Waals surface area contributed by atoms with Gasteiger partial charge in [-0.15, -0.1) is 0 Å². The molecule has 0 saturated heterocycles. The fourth-order valence-electron chi connectivity index (χ4n) is 2.09. The van der Waals surface area contributed by atoms with Gasteiger partial charge < -0.3 is 5.11 Å². The molecule has 1 N–H and O–H groups in total. The average molecular weight is 287 g/mol. The molecule has 2 aromatic carbocycles. The molecule has 20 heavy (non-hydrogen) atoms. The van der Waals surface area contributed by atoms with E-state index in [0.717, 1.165) is 27.8 Å². The van der Waals surface area contributed by atoms with Crippen LogP contribution in [0.4, 0.5) is 0 Å². The summed E-state index contributed by atoms with van der Waals surface area (Å²) < 4.78 is 0. The predicted octanol–water partition coefficient (Wildman–Crippen LogP) is 4.80. The first-order valence-electron chi connectivity index (χ1n) is 6.25. The van der Waals surface area contributed by atoms with Gasteiger partial charge in [0.25, 0.3) is 0 Å². The summed E-state index contributed by atoms with van der Waals surface area (Å²) in [7, 11) is 0. The van der Waals surface area contributed by atoms with E-state index in [9.17, 15) is 4.79 Å². The number of aliphatic carboxylic acids is 1. The highest BCUT2D eigenvalue weighted by Crippen LogP contribution is 2.27. The minimum atomic E-state index is -0.933. The van der Waals surface area contributed by atoms with Crippen LogP contribution in [0, 0.1) is 6.92 Å². The van der Waals surface area contributed by atoms with Crippen LogP contribution in [0.15, 0.2) is 48.5 Å². The van der Waals surface area contributed by atoms with E-state index in [0.29, 0.717) is 5.02 Å². The number of hydrogen-bond donors (Lipinski definition) is 1. The summed E-state index contributed by atoms with van der Waals surface area (Å²) in [6.45, 7) is 3.82. The molecule has 3 heteroatoms. The fraction of sp³-hybridized carbons (Fsp3) is 0.118. The monoisotopic (exact) mass is 286 g/mol. The van der Waals surface area contributed by atoms with E-state index in [2.05, 4.69) is 0 Å². The summed E-state index contributed by atoms with van der Waals surface area (Å²) >= 11 is 6.03. The molecular weight excluding hydrogens is 272 g/mol. The van der Waals surface area contributed by atoms with Crippen LogP contribution >= 0.6 is 11.6 Å². The summed E-state index contributed by atoms with van der Waals surface area (Å²) in [6.07, 6.45) is 1.21. The van der Waals surface area contributed by atoms with Crippen LogP contribution in [0.2, 0.25) is 5.02 Å². The lowest BCUT2D eigenvalue weighted by Gasteiger charge is -2.08. The molecule has 0 heterocycles. The van der Waals surface area contributed by atoms with Crippen LogP contribution < -0.4 is 0 Å². The minimum absolute atomic E-state index is 0.705. The molecule has 0 aromatic heterocycles. The Hall–Kier alpha value is -2.06. The Bertz CT molecular complexity index is 670. The highest BCUT2D eigenvalue weighted by atomic mass is 35.5. The molecule has 2 nitrogen and oxygen atoms in total. The second-order valence-corrected chi connectivity index (χ2v) is 5.14. The van der Waals surface area contributed by atoms with Crippen LogP contribution in [0.25, 0.3) is 16.7 Å². The number of rotatable bonds is 3. The zero-order valence-electron chi connectivity index (χ0n) is 11.4. The number of aryl methyl sites for hydroxylation is 1. The number of carboxylic acid groups (broad SMARTS) is 1. The van der Waals surface area contributed by atoms with E-state index in [4.69, 9.17) is 16.7 Å². The molecule has 0 unspecified atom stereocenters. The van der Waals surface area contributed by atoms with Gasteiger partial charge in [0.1, 0.15) is 0 Å². The van der Waals surface area contributed by atoms with Gasteiger partial charge in [-0.25, -0.2) is 4.79 Å². The molecule has 0 fully saturated rings. The van der Waals surface area contributed by atoms with E-state index in [1.54, 1.807) is 6.92 Å². The number of carbonyl (C=O) groups is 1. The second-order valence-electron chi connectivity index (χ2n) is 4.70. The van der Waals surface area contributed by atoms with Gasteiger partial charge in [0.05, 0.1) is 0 Å². The van der Waals surface area contributed by atoms with Gasteiger partial charge in [0.15, 0.2) is 0 Å². The summed E-state index contributed by atoms with van der Waals surface area (Å²) in [5.41, 5.74) is 4.93. The van der Waals surface area contributed by atoms with Crippen molar-refractivity contribution in [3.8, 4) is 11.1 Å². The Morgan fingerprint density at radius 3 is 2.40 bits per heavy atom. The van der Waals surface area contributed by atoms with Gasteiger partial charge in [0, 0.05) is 11.1 Å². The fourth-order valence-corrected chi connectivity index (χ4v) is 2.26. The van der Waals surface area contributed by atoms with Gasteiger partial charge in [0.2, 0.25) is 0 Å². The SMILES string of the molecule is C/C(=C\C(=O)O)c1ccc(-c2cc(Cl)ccc2C)cc1. The maximum absolute atomic E-state index is 10.7. The van der Waals surface area contributed by atoms with Crippen molar-refractivity contribution in [1.29, 1.82) is 0 Å². The van der Waals surface area contributed by atoms with Crippen LogP contribution in [-0.2, 0) is 4.79 Å². The third kappa shape index (κ3) is 3.28. The van der Waals surface area contributed by atoms with Crippen molar-refractivity contribution in [2.24, 2.45) is 0 Å². The molecule has 102 valence electrons. The lowest BCUT2D eigenvalue weighted by molar-refractivity contribution is -0.131. The Balaban J connectivity index is 2.38. The van der Waals surface area contributed by atoms with Crippen molar-refractivity contribution in [2.75, 3.05) is 0 Å². The maximum Gasteiger partial charge on any atom is 0.328 e. The van der Waals surface area contributed by atoms with Gasteiger partial charge >= 0.3 is 5.97 Å². The van der Waals surface area contributed by atoms with Gasteiger partial charge in [-0.1, -0.05) is 41.9 Å². The van der Waals surface area contributed by atoms with E-state index in [1.165, 1.54) is 6.08 Å². The summed E-state index contributed by atoms with van der Waals surface area (Å²) in [4.78, 5) is 10.7. The molecule has 2 aromatic rings. The summed E-state index contributed by atoms with van der Waals surface area (Å²) in [5, 5.41) is 9.46. The van der Waals surface area contributed by atoms with Crippen LogP contribution in [0.1, 0.15) is 18.1 Å². The Morgan fingerprint density at radius 2 is 1.80 bits per heavy atom. The molecule has 2 rings (SSSR count). The van der Waals surface area contributed by atoms with Crippen molar-refractivity contribution in [3.05, 3.63) is 64.7 Å². The highest BCUT2D eigenvalue weighted by molar-refractivity contribution is 6.30. The maximum atomic E-state index is 10.7. The normalized spacial score (nSPS) is 11.4. The number of halogens is 1. The van der Waals surface area contributed by atoms with E-state index in [-0.39, 0.29) is 0 Å². The Kier molecular flexibility index (Phi) is 4.26. The topological polar surface area (TPSA) is 37.3 Å². The Morgan fingerprint density at radius 1 is 1.15 bits per heavy atom. The van der Waals surface area contributed by atoms with Crippen molar-refractivity contribution in [3.63, 3.8) is 0 Å². The number of allylic oxidation sites excluding steroid dienone is 1. The second kappa shape index (κ2) is 5.93. The lowest BCUT2D eigenvalue weighted by Crippen LogP contribution is -1.90. The van der Waals surface area contributed by atoms with Crippen molar-refractivity contribution in [1.82, 2.24) is 0 Å². The number of hydrogen-bond acceptors (Lipinski definition) is 1. The van der Waals surface area contributed by atoms with Crippen LogP contribution in [0.5, 0.6) is 0 Å². The molecule has 0 amide bonds. The van der Waals surface area contributed by atoms with Gasteiger partial charge in [-0.2, -0.15) is 0 Å². The minimum Gasteiger partial charge on any atom is -0.478 e. The van der Waals surface area contributed by atoms with E-state index < -0.39 is 5.97 Å². The molecule has 0 saturated carbocycles. The molecular formula is C17H15ClO2. The van der Waals surface area contributed by atoms with Crippen molar-refractivity contribution >= 4 is 23.1 Å².